The zero-order valence-electron chi connectivity index (χ0n) is 51.9. The first-order valence-corrected chi connectivity index (χ1v) is 34.5. The molecule has 0 aromatic rings. The van der Waals surface area contributed by atoms with Crippen LogP contribution in [0.4, 0.5) is 0 Å². The molecular weight excluding hydrogens is 990 g/mol. The molecule has 0 rings (SSSR count). The molecule has 0 spiro atoms. The number of likely N-dealkylation sites (N-methyl/N-ethyl adjacent to an activating group) is 1. The van der Waals surface area contributed by atoms with E-state index in [1.807, 2.05) is 21.1 Å². The third-order valence-electron chi connectivity index (χ3n) is 14.5. The number of carbonyl (C=O) groups is 2. The average molecular weight is 1120 g/mol. The minimum Gasteiger partial charge on any atom is -0.462 e. The lowest BCUT2D eigenvalue weighted by atomic mass is 10.0. The molecule has 2 unspecified atom stereocenters. The Bertz CT molecular complexity index is 1500. The van der Waals surface area contributed by atoms with E-state index < -0.39 is 26.5 Å². The van der Waals surface area contributed by atoms with Crippen molar-refractivity contribution in [2.24, 2.45) is 0 Å². The van der Waals surface area contributed by atoms with Crippen LogP contribution in [0.5, 0.6) is 0 Å². The van der Waals surface area contributed by atoms with Crippen LogP contribution in [0.3, 0.4) is 0 Å². The van der Waals surface area contributed by atoms with E-state index >= 15 is 0 Å². The van der Waals surface area contributed by atoms with Gasteiger partial charge >= 0.3 is 19.8 Å². The van der Waals surface area contributed by atoms with Gasteiger partial charge in [0.05, 0.1) is 27.7 Å². The molecule has 0 fully saturated rings. The van der Waals surface area contributed by atoms with Crippen LogP contribution in [-0.2, 0) is 32.7 Å². The Morgan fingerprint density at radius 2 is 0.692 bits per heavy atom. The molecule has 0 aromatic carbocycles. The Morgan fingerprint density at radius 3 is 1.03 bits per heavy atom. The summed E-state index contributed by atoms with van der Waals surface area (Å²) in [6, 6.07) is 0. The van der Waals surface area contributed by atoms with Crippen LogP contribution in [0.15, 0.2) is 60.8 Å². The van der Waals surface area contributed by atoms with Crippen LogP contribution < -0.4 is 0 Å². The van der Waals surface area contributed by atoms with Crippen LogP contribution >= 0.6 is 7.82 Å². The number of hydrogen-bond donors (Lipinski definition) is 1. The lowest BCUT2D eigenvalue weighted by Gasteiger charge is -2.24. The lowest BCUT2D eigenvalue weighted by molar-refractivity contribution is -0.870. The quantitative estimate of drug-likeness (QED) is 0.0211. The van der Waals surface area contributed by atoms with Crippen molar-refractivity contribution >= 4 is 19.8 Å². The first kappa shape index (κ1) is 75.7. The van der Waals surface area contributed by atoms with Crippen LogP contribution in [0.25, 0.3) is 0 Å². The smallest absolute Gasteiger partial charge is 0.462 e. The molecule has 0 bridgehead atoms. The van der Waals surface area contributed by atoms with E-state index in [0.29, 0.717) is 17.4 Å². The predicted octanol–water partition coefficient (Wildman–Crippen LogP) is 21.0. The number of unbranched alkanes of at least 4 members (excludes halogenated alkanes) is 37. The summed E-state index contributed by atoms with van der Waals surface area (Å²) in [5, 5.41) is 0. The second kappa shape index (κ2) is 59.3. The van der Waals surface area contributed by atoms with Crippen LogP contribution in [0.1, 0.15) is 309 Å². The molecule has 2 atom stereocenters. The van der Waals surface area contributed by atoms with E-state index in [0.717, 1.165) is 57.8 Å². The van der Waals surface area contributed by atoms with E-state index in [1.54, 1.807) is 0 Å². The minimum atomic E-state index is -4.39. The van der Waals surface area contributed by atoms with Crippen molar-refractivity contribution in [1.82, 2.24) is 0 Å². The molecule has 0 heterocycles. The largest absolute Gasteiger partial charge is 0.472 e. The van der Waals surface area contributed by atoms with Crippen molar-refractivity contribution in [2.75, 3.05) is 47.5 Å². The Labute approximate surface area is 483 Å². The van der Waals surface area contributed by atoms with Crippen molar-refractivity contribution in [1.29, 1.82) is 0 Å². The van der Waals surface area contributed by atoms with Gasteiger partial charge in [-0.05, 0) is 83.5 Å². The number of carbonyl (C=O) groups excluding carboxylic acids is 2. The maximum absolute atomic E-state index is 12.9. The molecule has 78 heavy (non-hydrogen) atoms. The van der Waals surface area contributed by atoms with Gasteiger partial charge in [0.1, 0.15) is 19.8 Å². The minimum absolute atomic E-state index is 0.0309. The fourth-order valence-corrected chi connectivity index (χ4v) is 10.2. The molecule has 0 radical (unpaired) electrons. The van der Waals surface area contributed by atoms with Gasteiger partial charge in [0.25, 0.3) is 0 Å². The third kappa shape index (κ3) is 62.9. The monoisotopic (exact) mass is 1120 g/mol. The molecule has 1 N–H and O–H groups in total. The molecule has 0 aliphatic heterocycles. The number of esters is 2. The molecule has 0 saturated carbocycles. The first-order chi connectivity index (χ1) is 38.0. The van der Waals surface area contributed by atoms with Gasteiger partial charge in [-0.3, -0.25) is 18.6 Å². The molecule has 10 heteroatoms. The summed E-state index contributed by atoms with van der Waals surface area (Å²) in [5.41, 5.74) is 0. The van der Waals surface area contributed by atoms with Crippen molar-refractivity contribution in [3.05, 3.63) is 60.8 Å². The fourth-order valence-electron chi connectivity index (χ4n) is 9.41. The molecule has 0 aromatic heterocycles. The van der Waals surface area contributed by atoms with Crippen LogP contribution in [0.2, 0.25) is 0 Å². The number of rotatable bonds is 61. The number of hydrogen-bond acceptors (Lipinski definition) is 7. The number of phosphoric ester groups is 1. The van der Waals surface area contributed by atoms with Crippen molar-refractivity contribution < 1.29 is 42.1 Å². The maximum Gasteiger partial charge on any atom is 0.472 e. The normalized spacial score (nSPS) is 13.6. The summed E-state index contributed by atoms with van der Waals surface area (Å²) in [7, 11) is 1.48. The summed E-state index contributed by atoms with van der Waals surface area (Å²) in [6.45, 7) is 4.45. The number of ether oxygens (including phenoxy) is 2. The van der Waals surface area contributed by atoms with E-state index in [2.05, 4.69) is 74.6 Å². The van der Waals surface area contributed by atoms with Crippen molar-refractivity contribution in [3.8, 4) is 0 Å². The zero-order chi connectivity index (χ0) is 57.0. The third-order valence-corrected chi connectivity index (χ3v) is 15.5. The Balaban J connectivity index is 4.08. The van der Waals surface area contributed by atoms with E-state index in [9.17, 15) is 19.0 Å². The maximum atomic E-state index is 12.9. The Hall–Kier alpha value is -2.29. The topological polar surface area (TPSA) is 108 Å². The summed E-state index contributed by atoms with van der Waals surface area (Å²) < 4.78 is 34.7. The predicted molar refractivity (Wildman–Crippen MR) is 335 cm³/mol. The van der Waals surface area contributed by atoms with E-state index in [4.69, 9.17) is 18.5 Å². The number of phosphoric acid groups is 1. The highest BCUT2D eigenvalue weighted by molar-refractivity contribution is 7.47. The van der Waals surface area contributed by atoms with E-state index in [1.165, 1.54) is 218 Å². The van der Waals surface area contributed by atoms with Gasteiger partial charge in [-0.15, -0.1) is 0 Å². The van der Waals surface area contributed by atoms with Gasteiger partial charge in [0, 0.05) is 12.8 Å². The van der Waals surface area contributed by atoms with Gasteiger partial charge < -0.3 is 18.9 Å². The number of quaternary nitrogens is 1. The van der Waals surface area contributed by atoms with Gasteiger partial charge in [-0.2, -0.15) is 0 Å². The Morgan fingerprint density at radius 1 is 0.397 bits per heavy atom. The SMILES string of the molecule is CCCCCCC/C=C\C/C=C\C/C=C\CCCCCCCCCCCCCCC(=O)OC(COC(=O)CCCCCCCCCCCCCCCCC/C=C\C/C=C\CCCCCCC)COP(=O)(O)OCC[N+](C)(C)C. The van der Waals surface area contributed by atoms with Gasteiger partial charge in [-0.1, -0.05) is 274 Å². The summed E-state index contributed by atoms with van der Waals surface area (Å²) in [6.07, 6.45) is 77.3. The second-order valence-electron chi connectivity index (χ2n) is 23.5. The molecule has 0 saturated heterocycles. The fraction of sp³-hybridized carbons (Fsp3) is 0.824. The molecule has 9 nitrogen and oxygen atoms in total. The molecule has 0 aliphatic rings. The average Bonchev–Trinajstić information content (AvgIpc) is 3.41. The first-order valence-electron chi connectivity index (χ1n) is 33.0. The highest BCUT2D eigenvalue weighted by Gasteiger charge is 2.27. The van der Waals surface area contributed by atoms with Gasteiger partial charge in [0.15, 0.2) is 6.10 Å². The van der Waals surface area contributed by atoms with Crippen LogP contribution in [-0.4, -0.2) is 74.9 Å². The number of allylic oxidation sites excluding steroid dienone is 10. The molecule has 0 amide bonds. The van der Waals surface area contributed by atoms with Crippen LogP contribution in [0, 0.1) is 0 Å². The summed E-state index contributed by atoms with van der Waals surface area (Å²) >= 11 is 0. The van der Waals surface area contributed by atoms with E-state index in [-0.39, 0.29) is 32.0 Å². The molecule has 456 valence electrons. The highest BCUT2D eigenvalue weighted by Crippen LogP contribution is 2.43. The lowest BCUT2D eigenvalue weighted by Crippen LogP contribution is -2.37. The number of nitrogens with zero attached hydrogens (tertiary/aromatic N) is 1. The summed E-state index contributed by atoms with van der Waals surface area (Å²) in [4.78, 5) is 35.8. The highest BCUT2D eigenvalue weighted by atomic mass is 31.2. The van der Waals surface area contributed by atoms with Gasteiger partial charge in [-0.25, -0.2) is 4.57 Å². The molecular formula is C68H127NO8P+. The standard InChI is InChI=1S/C68H126NO8P/c1-6-8-10-12-14-16-18-20-22-24-26-28-30-32-34-36-38-40-42-44-46-48-50-52-54-56-58-60-67(70)74-64-66(65-76-78(72,73)75-63-62-69(3,4)5)77-68(71)61-59-57-55-53-51-49-47-45-43-41-39-37-35-33-31-29-27-25-23-21-19-17-15-13-11-9-7-2/h18-21,24-27,31,33,66H,6-17,22-23,28-30,32,34-65H2,1-5H3/p+1/b20-18-,21-19-,26-24-,27-25-,33-31-. The Kier molecular flexibility index (Phi) is 57.6. The molecule has 0 aliphatic carbocycles. The van der Waals surface area contributed by atoms with Crippen molar-refractivity contribution in [2.45, 2.75) is 315 Å². The zero-order valence-corrected chi connectivity index (χ0v) is 52.8. The van der Waals surface area contributed by atoms with Gasteiger partial charge in [0.2, 0.25) is 0 Å². The summed E-state index contributed by atoms with van der Waals surface area (Å²) in [5.74, 6) is -0.789. The van der Waals surface area contributed by atoms with Crippen molar-refractivity contribution in [3.63, 3.8) is 0 Å². The second-order valence-corrected chi connectivity index (χ2v) is 25.0.